The Labute approximate surface area is 279 Å². The summed E-state index contributed by atoms with van der Waals surface area (Å²) in [5, 5.41) is 6.16. The zero-order chi connectivity index (χ0) is 35.3. The van der Waals surface area contributed by atoms with Crippen LogP contribution in [0.25, 0.3) is 10.8 Å². The van der Waals surface area contributed by atoms with Crippen LogP contribution in [0.4, 0.5) is 8.78 Å². The molecule has 0 spiro atoms. The predicted octanol–water partition coefficient (Wildman–Crippen LogP) is 4.69. The number of carbonyl (C=O) groups is 4. The van der Waals surface area contributed by atoms with Gasteiger partial charge in [-0.3, -0.25) is 23.7 Å². The van der Waals surface area contributed by atoms with Crippen LogP contribution in [0.2, 0.25) is 0 Å². The van der Waals surface area contributed by atoms with Gasteiger partial charge in [-0.15, -0.1) is 0 Å². The minimum absolute atomic E-state index is 0.265. The van der Waals surface area contributed by atoms with Gasteiger partial charge >= 0.3 is 13.3 Å². The van der Waals surface area contributed by atoms with E-state index in [1.807, 2.05) is 6.08 Å². The molecule has 3 aliphatic rings. The van der Waals surface area contributed by atoms with Crippen molar-refractivity contribution in [1.29, 1.82) is 0 Å². The van der Waals surface area contributed by atoms with Gasteiger partial charge in [-0.25, -0.2) is 0 Å². The standard InChI is InChI=1S/C13H12F2NO4P.C11H16N2O2.C10H17NO/c1-16-12(17)9-3-2-8-4-5-11(7-10(8)6-9)13(14,15)21(18,19)20;1-12-5-2-10(4-7-14)11-3-6-13(8-11)9-15;12-10-7-3-1-2-5-9-6-4-8-11(9)10/h2-7H,1H3,(H,16,17)(H2,18,19,20);2,4-5,7,9,11-12H,3,6,8H2,1H3;9H,1-8H2/b;5-2-,10-4+;. The van der Waals surface area contributed by atoms with E-state index in [4.69, 9.17) is 9.79 Å². The van der Waals surface area contributed by atoms with Gasteiger partial charge in [0.1, 0.15) is 6.29 Å². The lowest BCUT2D eigenvalue weighted by molar-refractivity contribution is -0.132. The number of benzene rings is 2. The first-order valence-electron chi connectivity index (χ1n) is 16.0. The predicted molar refractivity (Wildman–Crippen MR) is 179 cm³/mol. The van der Waals surface area contributed by atoms with Crippen molar-refractivity contribution in [3.63, 3.8) is 0 Å². The molecule has 262 valence electrons. The maximum absolute atomic E-state index is 13.7. The van der Waals surface area contributed by atoms with Gasteiger partial charge in [-0.1, -0.05) is 31.0 Å². The molecule has 0 bridgehead atoms. The molecular formula is C34H45F2N4O7P. The number of hydrogen-bond acceptors (Lipinski definition) is 6. The summed E-state index contributed by atoms with van der Waals surface area (Å²) in [5.41, 5.74) is -3.83. The SMILES string of the molecule is CN/C=C\C(=C/C=O)C1CCN(C=O)C1.CNC(=O)c1ccc2ccc(C(F)(F)P(=O)(O)O)cc2c1.O=C1CCCCCC2CCCN12. The first-order valence-corrected chi connectivity index (χ1v) is 17.6. The maximum atomic E-state index is 13.7. The molecule has 2 atom stereocenters. The molecule has 0 aliphatic carbocycles. The van der Waals surface area contributed by atoms with Gasteiger partial charge in [0.2, 0.25) is 12.3 Å². The van der Waals surface area contributed by atoms with Crippen molar-refractivity contribution < 1.29 is 42.3 Å². The fourth-order valence-corrected chi connectivity index (χ4v) is 6.54. The van der Waals surface area contributed by atoms with Crippen molar-refractivity contribution in [2.75, 3.05) is 33.7 Å². The van der Waals surface area contributed by atoms with E-state index in [0.717, 1.165) is 62.8 Å². The zero-order valence-electron chi connectivity index (χ0n) is 27.3. The van der Waals surface area contributed by atoms with Crippen molar-refractivity contribution >= 4 is 42.9 Å². The topological polar surface area (TPSA) is 156 Å². The van der Waals surface area contributed by atoms with Crippen LogP contribution in [0.15, 0.2) is 60.3 Å². The van der Waals surface area contributed by atoms with Gasteiger partial charge in [0.15, 0.2) is 0 Å². The summed E-state index contributed by atoms with van der Waals surface area (Å²) >= 11 is 0. The van der Waals surface area contributed by atoms with Gasteiger partial charge in [0.25, 0.3) is 5.91 Å². The minimum atomic E-state index is -5.62. The Hall–Kier alpha value is -3.93. The average molecular weight is 691 g/mol. The van der Waals surface area contributed by atoms with Crippen LogP contribution in [0, 0.1) is 5.92 Å². The van der Waals surface area contributed by atoms with Crippen LogP contribution in [-0.2, 0) is 24.6 Å². The first kappa shape index (κ1) is 38.5. The van der Waals surface area contributed by atoms with E-state index in [2.05, 4.69) is 15.5 Å². The average Bonchev–Trinajstić information content (AvgIpc) is 3.74. The third-order valence-corrected chi connectivity index (χ3v) is 9.70. The van der Waals surface area contributed by atoms with Gasteiger partial charge < -0.3 is 30.2 Å². The van der Waals surface area contributed by atoms with E-state index in [0.29, 0.717) is 29.3 Å². The number of alkyl halides is 2. The second-order valence-electron chi connectivity index (χ2n) is 11.9. The van der Waals surface area contributed by atoms with Crippen molar-refractivity contribution in [2.24, 2.45) is 5.92 Å². The highest BCUT2D eigenvalue weighted by molar-refractivity contribution is 7.52. The number of likely N-dealkylation sites (tertiary alicyclic amines) is 1. The lowest BCUT2D eigenvalue weighted by Crippen LogP contribution is -2.36. The quantitative estimate of drug-likeness (QED) is 0.135. The number of nitrogens with one attached hydrogen (secondary N) is 2. The molecule has 48 heavy (non-hydrogen) atoms. The number of halogens is 2. The van der Waals surface area contributed by atoms with Crippen LogP contribution in [-0.4, -0.2) is 83.9 Å². The Morgan fingerprint density at radius 1 is 0.979 bits per heavy atom. The molecule has 3 amide bonds. The van der Waals surface area contributed by atoms with E-state index in [1.54, 1.807) is 30.3 Å². The Balaban J connectivity index is 0.000000204. The molecular weight excluding hydrogens is 645 g/mol. The molecule has 3 heterocycles. The lowest BCUT2D eigenvalue weighted by atomic mass is 9.98. The highest BCUT2D eigenvalue weighted by Gasteiger charge is 2.50. The molecule has 2 aromatic rings. The summed E-state index contributed by atoms with van der Waals surface area (Å²) in [6.45, 7) is 2.51. The molecule has 2 unspecified atom stereocenters. The summed E-state index contributed by atoms with van der Waals surface area (Å²) < 4.78 is 38.2. The number of carbonyl (C=O) groups excluding carboxylic acids is 4. The Bertz CT molecular complexity index is 1540. The summed E-state index contributed by atoms with van der Waals surface area (Å²) in [6, 6.07) is 8.34. The number of amides is 3. The number of nitrogens with zero attached hydrogens (tertiary/aromatic N) is 2. The highest BCUT2D eigenvalue weighted by Crippen LogP contribution is 2.59. The summed E-state index contributed by atoms with van der Waals surface area (Å²) in [6.07, 6.45) is 16.1. The molecule has 0 aromatic heterocycles. The van der Waals surface area contributed by atoms with E-state index >= 15 is 0 Å². The second kappa shape index (κ2) is 18.0. The molecule has 2 aromatic carbocycles. The van der Waals surface area contributed by atoms with Gasteiger partial charge in [0.05, 0.1) is 0 Å². The van der Waals surface area contributed by atoms with Crippen molar-refractivity contribution in [3.8, 4) is 0 Å². The van der Waals surface area contributed by atoms with E-state index in [-0.39, 0.29) is 17.4 Å². The van der Waals surface area contributed by atoms with Crippen LogP contribution >= 0.6 is 7.60 Å². The zero-order valence-corrected chi connectivity index (χ0v) is 28.2. The number of rotatable bonds is 8. The molecule has 5 rings (SSSR count). The van der Waals surface area contributed by atoms with Crippen LogP contribution in [0.5, 0.6) is 0 Å². The monoisotopic (exact) mass is 690 g/mol. The lowest BCUT2D eigenvalue weighted by Gasteiger charge is -2.26. The van der Waals surface area contributed by atoms with Crippen LogP contribution in [0.3, 0.4) is 0 Å². The van der Waals surface area contributed by atoms with Gasteiger partial charge in [0, 0.05) is 63.2 Å². The summed E-state index contributed by atoms with van der Waals surface area (Å²) in [5.74, 6) is 0.311. The molecule has 3 fully saturated rings. The molecule has 3 aliphatic heterocycles. The number of aldehydes is 1. The normalized spacial score (nSPS) is 20.1. The van der Waals surface area contributed by atoms with Crippen molar-refractivity contribution in [1.82, 2.24) is 20.4 Å². The van der Waals surface area contributed by atoms with Gasteiger partial charge in [-0.05, 0) is 85.0 Å². The largest absolute Gasteiger partial charge is 0.399 e. The Kier molecular flexibility index (Phi) is 14.4. The molecule has 0 radical (unpaired) electrons. The number of allylic oxidation sites excluding steroid dienone is 2. The second-order valence-corrected chi connectivity index (χ2v) is 13.6. The molecule has 11 nitrogen and oxygen atoms in total. The summed E-state index contributed by atoms with van der Waals surface area (Å²) in [7, 11) is -2.38. The van der Waals surface area contributed by atoms with Crippen LogP contribution < -0.4 is 10.6 Å². The molecule has 14 heteroatoms. The van der Waals surface area contributed by atoms with Gasteiger partial charge in [-0.2, -0.15) is 8.78 Å². The van der Waals surface area contributed by atoms with E-state index in [1.165, 1.54) is 57.4 Å². The minimum Gasteiger partial charge on any atom is -0.394 e. The van der Waals surface area contributed by atoms with E-state index in [9.17, 15) is 32.5 Å². The number of fused-ring (bicyclic) bond motifs is 2. The smallest absolute Gasteiger partial charge is 0.394 e. The third-order valence-electron chi connectivity index (χ3n) is 8.71. The molecule has 3 saturated heterocycles. The van der Waals surface area contributed by atoms with E-state index < -0.39 is 18.8 Å². The first-order chi connectivity index (χ1) is 22.9. The highest BCUT2D eigenvalue weighted by atomic mass is 31.2. The number of hydrogen-bond donors (Lipinski definition) is 4. The Morgan fingerprint density at radius 2 is 1.71 bits per heavy atom. The van der Waals surface area contributed by atoms with Crippen LogP contribution in [0.1, 0.15) is 67.3 Å². The fourth-order valence-electron chi connectivity index (χ4n) is 6.07. The molecule has 4 N–H and O–H groups in total. The fraction of sp³-hybridized carbons (Fsp3) is 0.471. The molecule has 0 saturated carbocycles. The van der Waals surface area contributed by atoms with Crippen molar-refractivity contribution in [2.45, 2.75) is 63.1 Å². The summed E-state index contributed by atoms with van der Waals surface area (Å²) in [4.78, 5) is 65.5. The Morgan fingerprint density at radius 3 is 2.35 bits per heavy atom. The maximum Gasteiger partial charge on any atom is 0.399 e. The van der Waals surface area contributed by atoms with Crippen molar-refractivity contribution in [3.05, 3.63) is 71.5 Å². The third kappa shape index (κ3) is 10.3.